The molecular weight excluding hydrogens is 555 g/mol. The fourth-order valence-electron chi connectivity index (χ4n) is 4.91. The smallest absolute Gasteiger partial charge is 0.375 e. The lowest BCUT2D eigenvalue weighted by atomic mass is 9.92. The van der Waals surface area contributed by atoms with Crippen LogP contribution < -0.4 is 15.4 Å². The third-order valence-electron chi connectivity index (χ3n) is 6.90. The average molecular weight is 590 g/mol. The lowest BCUT2D eigenvalue weighted by molar-refractivity contribution is -0.106. The van der Waals surface area contributed by atoms with E-state index in [0.717, 1.165) is 23.7 Å². The van der Waals surface area contributed by atoms with Crippen LogP contribution in [0.15, 0.2) is 72.8 Å². The van der Waals surface area contributed by atoms with Crippen molar-refractivity contribution >= 4 is 21.6 Å². The summed E-state index contributed by atoms with van der Waals surface area (Å²) in [6.07, 6.45) is -3.14. The van der Waals surface area contributed by atoms with Crippen molar-refractivity contribution in [3.63, 3.8) is 0 Å². The second-order valence-corrected chi connectivity index (χ2v) is 12.8. The highest BCUT2D eigenvalue weighted by Crippen LogP contribution is 2.27. The summed E-state index contributed by atoms with van der Waals surface area (Å²) in [4.78, 5) is 13.6. The van der Waals surface area contributed by atoms with E-state index in [1.165, 1.54) is 12.1 Å². The van der Waals surface area contributed by atoms with E-state index in [0.29, 0.717) is 29.1 Å². The molecule has 0 fully saturated rings. The van der Waals surface area contributed by atoms with Crippen molar-refractivity contribution in [2.45, 2.75) is 50.6 Å². The van der Waals surface area contributed by atoms with Gasteiger partial charge in [0, 0.05) is 18.2 Å². The van der Waals surface area contributed by atoms with Crippen molar-refractivity contribution in [1.82, 2.24) is 5.32 Å². The van der Waals surface area contributed by atoms with Crippen LogP contribution in [0.4, 0.5) is 18.9 Å². The molecule has 1 heterocycles. The molecule has 0 aliphatic carbocycles. The second-order valence-electron chi connectivity index (χ2n) is 10.8. The van der Waals surface area contributed by atoms with Crippen molar-refractivity contribution in [2.75, 3.05) is 23.7 Å². The van der Waals surface area contributed by atoms with Gasteiger partial charge in [0.2, 0.25) is 10.0 Å². The number of hydrogen-bond donors (Lipinski definition) is 2. The third kappa shape index (κ3) is 8.54. The number of sulfonamides is 1. The molecule has 41 heavy (non-hydrogen) atoms. The van der Waals surface area contributed by atoms with Crippen molar-refractivity contribution < 1.29 is 31.1 Å². The van der Waals surface area contributed by atoms with Gasteiger partial charge in [-0.15, -0.1) is 0 Å². The Labute approximate surface area is 238 Å². The van der Waals surface area contributed by atoms with E-state index in [2.05, 4.69) is 11.4 Å². The number of hydrogen-bond acceptors (Lipinski definition) is 5. The van der Waals surface area contributed by atoms with E-state index in [4.69, 9.17) is 10.5 Å². The van der Waals surface area contributed by atoms with E-state index in [9.17, 15) is 26.4 Å². The maximum absolute atomic E-state index is 13.6. The highest BCUT2D eigenvalue weighted by Gasteiger charge is 2.37. The first-order valence-corrected chi connectivity index (χ1v) is 14.8. The first-order valence-electron chi connectivity index (χ1n) is 13.2. The minimum Gasteiger partial charge on any atom is -0.375 e. The number of nitrogens with one attached hydrogen (secondary N) is 1. The van der Waals surface area contributed by atoms with Crippen molar-refractivity contribution in [1.29, 1.82) is 0 Å². The largest absolute Gasteiger partial charge is 0.404 e. The standard InChI is InChI=1S/C30H34F3N3O4S/c1-29(34)17-22-8-6-7-21(13-22)11-12-27(24-9-4-3-5-10-24)35-28(37)25-14-23(18-40-19-29)15-26(16-25)36(2)41(38,39)20-30(31,32)33/h3-10,13-16,27H,11-12,17-20,34H2,1-2H3,(H,35,37). The SMILES string of the molecule is CN(c1cc2cc(c1)C(=O)NC(c1ccccc1)CCc1cccc(c1)CC(C)(N)COC2)S(=O)(=O)CC(F)(F)F. The molecule has 0 saturated heterocycles. The molecule has 220 valence electrons. The lowest BCUT2D eigenvalue weighted by Crippen LogP contribution is -2.43. The van der Waals surface area contributed by atoms with Gasteiger partial charge in [-0.25, -0.2) is 8.42 Å². The van der Waals surface area contributed by atoms with Crippen LogP contribution in [-0.4, -0.2) is 45.4 Å². The number of anilines is 1. The predicted molar refractivity (Wildman–Crippen MR) is 152 cm³/mol. The summed E-state index contributed by atoms with van der Waals surface area (Å²) >= 11 is 0. The molecule has 0 spiro atoms. The second kappa shape index (κ2) is 12.2. The van der Waals surface area contributed by atoms with Gasteiger partial charge in [-0.3, -0.25) is 9.10 Å². The van der Waals surface area contributed by atoms with Crippen LogP contribution in [0.3, 0.4) is 0 Å². The van der Waals surface area contributed by atoms with Crippen LogP contribution in [0.1, 0.15) is 52.0 Å². The number of ether oxygens (including phenoxy) is 1. The quantitative estimate of drug-likeness (QED) is 0.451. The molecule has 3 aromatic carbocycles. The summed E-state index contributed by atoms with van der Waals surface area (Å²) in [5.74, 6) is -2.52. The number of fused-ring (bicyclic) bond motifs is 4. The molecule has 2 atom stereocenters. The maximum atomic E-state index is 13.6. The summed E-state index contributed by atoms with van der Waals surface area (Å²) in [5, 5.41) is 3.04. The number of alkyl halides is 3. The van der Waals surface area contributed by atoms with Crippen LogP contribution in [0.25, 0.3) is 0 Å². The van der Waals surface area contributed by atoms with E-state index in [1.807, 2.05) is 55.5 Å². The van der Waals surface area contributed by atoms with Gasteiger partial charge in [0.25, 0.3) is 5.91 Å². The summed E-state index contributed by atoms with van der Waals surface area (Å²) in [7, 11) is -3.73. The third-order valence-corrected chi connectivity index (χ3v) is 8.63. The van der Waals surface area contributed by atoms with Crippen LogP contribution in [-0.2, 0) is 34.2 Å². The van der Waals surface area contributed by atoms with Gasteiger partial charge in [0.1, 0.15) is 0 Å². The fraction of sp³-hybridized carbons (Fsp3) is 0.367. The first kappa shape index (κ1) is 30.5. The molecule has 3 aromatic rings. The van der Waals surface area contributed by atoms with Gasteiger partial charge in [0.05, 0.1) is 24.9 Å². The van der Waals surface area contributed by atoms with Gasteiger partial charge in [-0.05, 0) is 66.6 Å². The maximum Gasteiger partial charge on any atom is 0.404 e. The van der Waals surface area contributed by atoms with Gasteiger partial charge in [-0.1, -0.05) is 54.6 Å². The minimum atomic E-state index is -4.92. The number of nitrogens with two attached hydrogens (primary N) is 1. The Kier molecular flexibility index (Phi) is 9.10. The van der Waals surface area contributed by atoms with Crippen LogP contribution in [0.5, 0.6) is 0 Å². The summed E-state index contributed by atoms with van der Waals surface area (Å²) < 4.78 is 70.6. The fourth-order valence-corrected chi connectivity index (χ4v) is 5.94. The summed E-state index contributed by atoms with van der Waals surface area (Å²) in [5.41, 5.74) is 9.26. The summed E-state index contributed by atoms with van der Waals surface area (Å²) in [6.45, 7) is 1.98. The van der Waals surface area contributed by atoms with Crippen molar-refractivity contribution in [2.24, 2.45) is 5.73 Å². The Hall–Kier alpha value is -3.41. The number of aryl methyl sites for hydroxylation is 1. The van der Waals surface area contributed by atoms with Gasteiger partial charge >= 0.3 is 6.18 Å². The van der Waals surface area contributed by atoms with E-state index in [-0.39, 0.29) is 30.5 Å². The number of nitrogens with zero attached hydrogens (tertiary/aromatic N) is 1. The predicted octanol–water partition coefficient (Wildman–Crippen LogP) is 4.91. The normalized spacial score (nSPS) is 20.7. The Morgan fingerprint density at radius 3 is 2.44 bits per heavy atom. The van der Waals surface area contributed by atoms with E-state index >= 15 is 0 Å². The molecule has 11 heteroatoms. The van der Waals surface area contributed by atoms with Gasteiger partial charge < -0.3 is 15.8 Å². The molecule has 4 bridgehead atoms. The Bertz CT molecular complexity index is 1480. The molecule has 0 saturated carbocycles. The van der Waals surface area contributed by atoms with E-state index < -0.39 is 33.4 Å². The highest BCUT2D eigenvalue weighted by atomic mass is 32.2. The molecule has 4 rings (SSSR count). The molecule has 2 unspecified atom stereocenters. The summed E-state index contributed by atoms with van der Waals surface area (Å²) in [6, 6.07) is 21.4. The Balaban J connectivity index is 1.74. The molecule has 3 N–H and O–H groups in total. The molecule has 0 radical (unpaired) electrons. The zero-order chi connectivity index (χ0) is 29.8. The van der Waals surface area contributed by atoms with Crippen LogP contribution in [0.2, 0.25) is 0 Å². The number of carbonyl (C=O) groups excluding carboxylic acids is 1. The van der Waals surface area contributed by atoms with Crippen molar-refractivity contribution in [3.05, 3.63) is 101 Å². The molecule has 7 nitrogen and oxygen atoms in total. The zero-order valence-corrected chi connectivity index (χ0v) is 23.8. The first-order chi connectivity index (χ1) is 19.2. The number of amides is 1. The van der Waals surface area contributed by atoms with Crippen LogP contribution >= 0.6 is 0 Å². The minimum absolute atomic E-state index is 0.0315. The topological polar surface area (TPSA) is 102 Å². The average Bonchev–Trinajstić information content (AvgIpc) is 2.89. The molecule has 1 amide bonds. The van der Waals surface area contributed by atoms with E-state index in [1.54, 1.807) is 6.07 Å². The number of halogens is 3. The monoisotopic (exact) mass is 589 g/mol. The number of benzene rings is 3. The number of rotatable bonds is 4. The molecule has 1 aliphatic heterocycles. The Morgan fingerprint density at radius 2 is 1.73 bits per heavy atom. The van der Waals surface area contributed by atoms with Crippen molar-refractivity contribution in [3.8, 4) is 0 Å². The zero-order valence-electron chi connectivity index (χ0n) is 22.9. The van der Waals surface area contributed by atoms with Gasteiger partial charge in [0.15, 0.2) is 5.75 Å². The molecule has 1 aliphatic rings. The number of carbonyl (C=O) groups is 1. The lowest BCUT2D eigenvalue weighted by Gasteiger charge is -2.26. The van der Waals surface area contributed by atoms with Crippen LogP contribution in [0, 0.1) is 0 Å². The highest BCUT2D eigenvalue weighted by molar-refractivity contribution is 7.92. The van der Waals surface area contributed by atoms with Gasteiger partial charge in [-0.2, -0.15) is 13.2 Å². The molecular formula is C30H34F3N3O4S. The Morgan fingerprint density at radius 1 is 1.02 bits per heavy atom. The molecule has 0 aromatic heterocycles.